The van der Waals surface area contributed by atoms with E-state index >= 15 is 0 Å². The molecule has 0 aliphatic heterocycles. The summed E-state index contributed by atoms with van der Waals surface area (Å²) in [6.45, 7) is 19.2. The van der Waals surface area contributed by atoms with Crippen molar-refractivity contribution in [2.75, 3.05) is 5.32 Å². The fourth-order valence-electron chi connectivity index (χ4n) is 7.40. The Morgan fingerprint density at radius 3 is 2.23 bits per heavy atom. The van der Waals surface area contributed by atoms with Crippen molar-refractivity contribution in [3.8, 4) is 22.5 Å². The van der Waals surface area contributed by atoms with Crippen LogP contribution in [0.15, 0.2) is 192 Å². The van der Waals surface area contributed by atoms with Crippen molar-refractivity contribution in [3.05, 3.63) is 222 Å². The summed E-state index contributed by atoms with van der Waals surface area (Å²) in [6.07, 6.45) is 15.9. The van der Waals surface area contributed by atoms with Crippen molar-refractivity contribution < 1.29 is 8.83 Å². The Balaban J connectivity index is 1.29. The molecule has 5 heteroatoms. The minimum absolute atomic E-state index is 0.571. The lowest BCUT2D eigenvalue weighted by Crippen LogP contribution is -2.21. The number of nitrogens with one attached hydrogen (secondary N) is 1. The number of nitrogens with zero attached hydrogens (tertiary/aromatic N) is 2. The van der Waals surface area contributed by atoms with Gasteiger partial charge in [-0.3, -0.25) is 0 Å². The monoisotopic (exact) mass is 779 g/mol. The topological polar surface area (TPSA) is 64.1 Å². The van der Waals surface area contributed by atoms with Crippen LogP contribution in [-0.2, 0) is 0 Å². The number of aromatic nitrogens is 2. The Hall–Kier alpha value is -7.76. The first-order valence-corrected chi connectivity index (χ1v) is 20.0. The number of rotatable bonds is 12. The zero-order chi connectivity index (χ0) is 41.6. The Morgan fingerprint density at radius 2 is 1.47 bits per heavy atom. The molecule has 3 aromatic heterocycles. The van der Waals surface area contributed by atoms with Gasteiger partial charge in [0.2, 0.25) is 0 Å². The predicted molar refractivity (Wildman–Crippen MR) is 253 cm³/mol. The summed E-state index contributed by atoms with van der Waals surface area (Å²) in [5.74, 6) is 1.43. The molecular formula is C55H45N3O2. The minimum Gasteiger partial charge on any atom is -0.461 e. The number of allylic oxidation sites excluding steroid dienone is 9. The second kappa shape index (κ2) is 17.4. The first kappa shape index (κ1) is 39.1. The molecule has 0 saturated carbocycles. The van der Waals surface area contributed by atoms with E-state index in [0.29, 0.717) is 16.8 Å². The average Bonchev–Trinajstić information content (AvgIpc) is 3.80. The van der Waals surface area contributed by atoms with Gasteiger partial charge in [0.1, 0.15) is 22.3 Å². The molecule has 8 aromatic rings. The fourth-order valence-corrected chi connectivity index (χ4v) is 7.40. The quantitative estimate of drug-likeness (QED) is 0.125. The molecule has 60 heavy (non-hydrogen) atoms. The van der Waals surface area contributed by atoms with E-state index in [1.165, 1.54) is 0 Å². The summed E-state index contributed by atoms with van der Waals surface area (Å²) in [4.78, 5) is 10.1. The lowest BCUT2D eigenvalue weighted by molar-refractivity contribution is 0.574. The van der Waals surface area contributed by atoms with Crippen molar-refractivity contribution in [2.45, 2.75) is 20.8 Å². The highest BCUT2D eigenvalue weighted by atomic mass is 16.3. The molecule has 0 fully saturated rings. The summed E-state index contributed by atoms with van der Waals surface area (Å²) in [6, 6.07) is 42.9. The van der Waals surface area contributed by atoms with Gasteiger partial charge in [-0.25, -0.2) is 9.97 Å². The van der Waals surface area contributed by atoms with Crippen LogP contribution in [-0.4, -0.2) is 9.97 Å². The number of furan rings is 2. The maximum atomic E-state index is 6.95. The van der Waals surface area contributed by atoms with Crippen LogP contribution in [0.1, 0.15) is 42.1 Å². The van der Waals surface area contributed by atoms with Crippen LogP contribution in [0.3, 0.4) is 0 Å². The SMILES string of the molecule is C=C/C(=C\C=C/C)c1nc(-c2ccccc2)cc(-c2cccc3c(=C)/c(=C(\C=C/C)c4ccc(Nc5ccccc5)c(C(=C)/C=C\c5c(C)oc6ccccc56)c4)oc23)n1. The lowest BCUT2D eigenvalue weighted by atomic mass is 9.96. The van der Waals surface area contributed by atoms with Crippen molar-refractivity contribution in [1.82, 2.24) is 9.97 Å². The van der Waals surface area contributed by atoms with E-state index in [4.69, 9.17) is 18.8 Å². The van der Waals surface area contributed by atoms with Crippen LogP contribution in [0.2, 0.25) is 0 Å². The van der Waals surface area contributed by atoms with E-state index in [2.05, 4.69) is 97.9 Å². The first-order chi connectivity index (χ1) is 29.4. The number of anilines is 2. The van der Waals surface area contributed by atoms with Crippen LogP contribution < -0.4 is 16.0 Å². The molecule has 5 nitrogen and oxygen atoms in total. The zero-order valence-electron chi connectivity index (χ0n) is 34.1. The summed E-state index contributed by atoms with van der Waals surface area (Å²) in [5.41, 5.74) is 12.9. The van der Waals surface area contributed by atoms with E-state index in [1.54, 1.807) is 6.08 Å². The van der Waals surface area contributed by atoms with Gasteiger partial charge in [-0.1, -0.05) is 153 Å². The maximum absolute atomic E-state index is 6.95. The van der Waals surface area contributed by atoms with E-state index in [1.807, 2.05) is 118 Å². The highest BCUT2D eigenvalue weighted by molar-refractivity contribution is 5.95. The molecule has 1 N–H and O–H groups in total. The van der Waals surface area contributed by atoms with E-state index in [9.17, 15) is 0 Å². The van der Waals surface area contributed by atoms with Gasteiger partial charge in [0, 0.05) is 60.8 Å². The second-order valence-electron chi connectivity index (χ2n) is 14.4. The maximum Gasteiger partial charge on any atom is 0.160 e. The molecule has 0 radical (unpaired) electrons. The third kappa shape index (κ3) is 7.89. The number of fused-ring (bicyclic) bond motifs is 2. The molecule has 0 aliphatic rings. The van der Waals surface area contributed by atoms with Crippen LogP contribution in [0.4, 0.5) is 11.4 Å². The van der Waals surface area contributed by atoms with Gasteiger partial charge in [-0.05, 0) is 74.4 Å². The van der Waals surface area contributed by atoms with Gasteiger partial charge < -0.3 is 14.2 Å². The molecule has 3 heterocycles. The third-order valence-corrected chi connectivity index (χ3v) is 10.4. The molecule has 292 valence electrons. The van der Waals surface area contributed by atoms with E-state index in [0.717, 1.165) is 94.6 Å². The molecule has 0 amide bonds. The van der Waals surface area contributed by atoms with Gasteiger partial charge in [0.15, 0.2) is 5.82 Å². The predicted octanol–water partition coefficient (Wildman–Crippen LogP) is 13.4. The second-order valence-corrected chi connectivity index (χ2v) is 14.4. The largest absolute Gasteiger partial charge is 0.461 e. The summed E-state index contributed by atoms with van der Waals surface area (Å²) in [7, 11) is 0. The van der Waals surface area contributed by atoms with Crippen molar-refractivity contribution in [3.63, 3.8) is 0 Å². The van der Waals surface area contributed by atoms with Crippen LogP contribution in [0, 0.1) is 6.92 Å². The minimum atomic E-state index is 0.571. The molecule has 0 bridgehead atoms. The number of hydrogen-bond donors (Lipinski definition) is 1. The van der Waals surface area contributed by atoms with Gasteiger partial charge in [-0.2, -0.15) is 0 Å². The summed E-state index contributed by atoms with van der Waals surface area (Å²) in [5, 5.41) is 6.37. The molecule has 0 unspecified atom stereocenters. The van der Waals surface area contributed by atoms with Crippen molar-refractivity contribution >= 4 is 62.7 Å². The molecule has 0 atom stereocenters. The molecule has 0 saturated heterocycles. The average molecular weight is 780 g/mol. The van der Waals surface area contributed by atoms with Crippen LogP contribution in [0.5, 0.6) is 0 Å². The van der Waals surface area contributed by atoms with Crippen LogP contribution >= 0.6 is 0 Å². The van der Waals surface area contributed by atoms with Crippen molar-refractivity contribution in [1.29, 1.82) is 0 Å². The Labute approximate surface area is 350 Å². The summed E-state index contributed by atoms with van der Waals surface area (Å²) >= 11 is 0. The molecule has 0 spiro atoms. The highest BCUT2D eigenvalue weighted by Crippen LogP contribution is 2.34. The number of hydrogen-bond acceptors (Lipinski definition) is 5. The van der Waals surface area contributed by atoms with Crippen molar-refractivity contribution in [2.24, 2.45) is 0 Å². The van der Waals surface area contributed by atoms with Gasteiger partial charge in [0.25, 0.3) is 0 Å². The molecule has 8 rings (SSSR count). The normalized spacial score (nSPS) is 12.6. The van der Waals surface area contributed by atoms with E-state index in [-0.39, 0.29) is 0 Å². The first-order valence-electron chi connectivity index (χ1n) is 20.0. The molecule has 0 aliphatic carbocycles. The summed E-state index contributed by atoms with van der Waals surface area (Å²) < 4.78 is 13.0. The Morgan fingerprint density at radius 1 is 0.733 bits per heavy atom. The highest BCUT2D eigenvalue weighted by Gasteiger charge is 2.18. The van der Waals surface area contributed by atoms with Gasteiger partial charge in [0.05, 0.1) is 11.4 Å². The number of para-hydroxylation sites is 3. The van der Waals surface area contributed by atoms with E-state index < -0.39 is 0 Å². The van der Waals surface area contributed by atoms with Crippen LogP contribution in [0.25, 0.3) is 73.8 Å². The molecular weight excluding hydrogens is 735 g/mol. The van der Waals surface area contributed by atoms with Gasteiger partial charge in [-0.15, -0.1) is 0 Å². The lowest BCUT2D eigenvalue weighted by Gasteiger charge is -2.15. The molecule has 5 aromatic carbocycles. The Bertz CT molecular complexity index is 3140. The fraction of sp³-hybridized carbons (Fsp3) is 0.0545. The zero-order valence-corrected chi connectivity index (χ0v) is 34.1. The van der Waals surface area contributed by atoms with Gasteiger partial charge >= 0.3 is 0 Å². The third-order valence-electron chi connectivity index (χ3n) is 10.4. The smallest absolute Gasteiger partial charge is 0.160 e. The number of aryl methyl sites for hydroxylation is 1. The Kier molecular flexibility index (Phi) is 11.3. The number of benzene rings is 5. The standard InChI is InChI=1S/C55H45N3O2/c1-7-10-21-39(9-3)55-57-50(40-22-13-11-14-23-40)35-51(58-55)47-28-19-27-43-37(5)53(60-54(43)47)45(20-8-2)41-31-33-49(56-42-24-15-12-16-25-42)48(34-41)36(4)30-32-44-38(6)59-52-29-18-17-26-46(44)52/h7-35,56H,3-5H2,1-2,6H3/b10-7-,20-8-,32-30-,39-21+,53-45-.